The van der Waals surface area contributed by atoms with Gasteiger partial charge in [-0.3, -0.25) is 0 Å². The van der Waals surface area contributed by atoms with Crippen molar-refractivity contribution >= 4 is 12.0 Å². The Morgan fingerprint density at radius 3 is 2.63 bits per heavy atom. The van der Waals surface area contributed by atoms with E-state index in [0.717, 1.165) is 12.8 Å². The molecule has 2 aliphatic rings. The molecule has 2 rings (SSSR count). The van der Waals surface area contributed by atoms with Crippen LogP contribution < -0.4 is 5.32 Å². The minimum absolute atomic E-state index is 0.0999. The fraction of sp³-hybridized carbons (Fsp3) is 0.846. The molecule has 1 saturated carbocycles. The summed E-state index contributed by atoms with van der Waals surface area (Å²) >= 11 is 0. The molecule has 6 nitrogen and oxygen atoms in total. The molecule has 6 heteroatoms. The fourth-order valence-corrected chi connectivity index (χ4v) is 2.61. The first kappa shape index (κ1) is 14.1. The molecule has 1 aliphatic carbocycles. The van der Waals surface area contributed by atoms with Crippen molar-refractivity contribution in [2.75, 3.05) is 6.54 Å². The van der Waals surface area contributed by atoms with E-state index in [4.69, 9.17) is 5.11 Å². The van der Waals surface area contributed by atoms with Crippen LogP contribution in [0.25, 0.3) is 0 Å². The van der Waals surface area contributed by atoms with Crippen LogP contribution in [-0.2, 0) is 4.79 Å². The third kappa shape index (κ3) is 3.59. The van der Waals surface area contributed by atoms with Gasteiger partial charge in [0.25, 0.3) is 0 Å². The summed E-state index contributed by atoms with van der Waals surface area (Å²) in [5, 5.41) is 21.5. The van der Waals surface area contributed by atoms with Crippen molar-refractivity contribution < 1.29 is 19.8 Å². The Bertz CT molecular complexity index is 357. The Labute approximate surface area is 112 Å². The predicted molar refractivity (Wildman–Crippen MR) is 68.7 cm³/mol. The van der Waals surface area contributed by atoms with E-state index in [0.29, 0.717) is 5.92 Å². The van der Waals surface area contributed by atoms with Crippen molar-refractivity contribution in [3.63, 3.8) is 0 Å². The van der Waals surface area contributed by atoms with Gasteiger partial charge in [0.05, 0.1) is 6.10 Å². The van der Waals surface area contributed by atoms with E-state index < -0.39 is 18.1 Å². The highest BCUT2D eigenvalue weighted by Gasteiger charge is 2.39. The second kappa shape index (κ2) is 5.77. The number of carbonyl (C=O) groups is 2. The summed E-state index contributed by atoms with van der Waals surface area (Å²) < 4.78 is 0. The average Bonchev–Trinajstić information content (AvgIpc) is 3.08. The van der Waals surface area contributed by atoms with Crippen molar-refractivity contribution in [1.29, 1.82) is 0 Å². The molecule has 1 unspecified atom stereocenters. The molecule has 0 aromatic rings. The number of carboxylic acid groups (broad SMARTS) is 1. The monoisotopic (exact) mass is 270 g/mol. The molecule has 0 radical (unpaired) electrons. The highest BCUT2D eigenvalue weighted by atomic mass is 16.4. The summed E-state index contributed by atoms with van der Waals surface area (Å²) in [6.07, 6.45) is 3.64. The highest BCUT2D eigenvalue weighted by Crippen LogP contribution is 2.34. The van der Waals surface area contributed by atoms with Crippen LogP contribution in [0, 0.1) is 5.92 Å². The van der Waals surface area contributed by atoms with Gasteiger partial charge in [-0.1, -0.05) is 19.8 Å². The summed E-state index contributed by atoms with van der Waals surface area (Å²) in [5.74, 6) is -0.341. The maximum absolute atomic E-state index is 12.1. The lowest BCUT2D eigenvalue weighted by atomic mass is 10.1. The third-order valence-electron chi connectivity index (χ3n) is 3.96. The number of carbonyl (C=O) groups excluding carboxylic acids is 1. The first-order chi connectivity index (χ1) is 9.01. The highest BCUT2D eigenvalue weighted by molar-refractivity contribution is 5.83. The molecule has 108 valence electrons. The van der Waals surface area contributed by atoms with Crippen LogP contribution in [0.4, 0.5) is 4.79 Å². The van der Waals surface area contributed by atoms with Crippen LogP contribution >= 0.6 is 0 Å². The minimum atomic E-state index is -1.05. The Morgan fingerprint density at radius 1 is 1.42 bits per heavy atom. The number of rotatable bonds is 5. The summed E-state index contributed by atoms with van der Waals surface area (Å²) in [7, 11) is 0. The molecule has 0 aromatic carbocycles. The van der Waals surface area contributed by atoms with Gasteiger partial charge in [-0.2, -0.15) is 0 Å². The van der Waals surface area contributed by atoms with E-state index in [1.54, 1.807) is 0 Å². The lowest BCUT2D eigenvalue weighted by molar-refractivity contribution is -0.141. The quantitative estimate of drug-likeness (QED) is 0.689. The number of urea groups is 1. The Balaban J connectivity index is 1.91. The molecule has 0 spiro atoms. The van der Waals surface area contributed by atoms with Gasteiger partial charge in [0.15, 0.2) is 0 Å². The molecule has 19 heavy (non-hydrogen) atoms. The van der Waals surface area contributed by atoms with Gasteiger partial charge in [-0.25, -0.2) is 9.59 Å². The van der Waals surface area contributed by atoms with Crippen molar-refractivity contribution in [3.8, 4) is 0 Å². The van der Waals surface area contributed by atoms with Gasteiger partial charge in [0.2, 0.25) is 0 Å². The number of aliphatic carboxylic acids is 1. The number of β-amino-alcohol motifs (C(OH)–C–C–N with tert-alkyl or cyclic N) is 1. The zero-order valence-corrected chi connectivity index (χ0v) is 11.2. The summed E-state index contributed by atoms with van der Waals surface area (Å²) in [5.41, 5.74) is 0. The largest absolute Gasteiger partial charge is 0.480 e. The maximum atomic E-state index is 12.1. The Morgan fingerprint density at radius 2 is 2.11 bits per heavy atom. The van der Waals surface area contributed by atoms with E-state index in [2.05, 4.69) is 5.32 Å². The van der Waals surface area contributed by atoms with E-state index >= 15 is 0 Å². The molecule has 1 heterocycles. The Hall–Kier alpha value is -1.30. The van der Waals surface area contributed by atoms with Crippen LogP contribution in [-0.4, -0.2) is 51.8 Å². The van der Waals surface area contributed by atoms with Crippen molar-refractivity contribution in [3.05, 3.63) is 0 Å². The lowest BCUT2D eigenvalue weighted by Gasteiger charge is -2.25. The number of likely N-dealkylation sites (tertiary alicyclic amines) is 1. The number of amides is 2. The zero-order valence-electron chi connectivity index (χ0n) is 11.2. The molecule has 1 aliphatic heterocycles. The van der Waals surface area contributed by atoms with Crippen LogP contribution in [0.15, 0.2) is 0 Å². The molecule has 2 amide bonds. The second-order valence-electron chi connectivity index (χ2n) is 5.63. The van der Waals surface area contributed by atoms with Gasteiger partial charge in [-0.15, -0.1) is 0 Å². The van der Waals surface area contributed by atoms with Crippen molar-refractivity contribution in [2.45, 2.75) is 57.2 Å². The Kier molecular flexibility index (Phi) is 4.29. The lowest BCUT2D eigenvalue weighted by Crippen LogP contribution is -2.49. The van der Waals surface area contributed by atoms with Gasteiger partial charge in [0, 0.05) is 19.0 Å². The van der Waals surface area contributed by atoms with Gasteiger partial charge < -0.3 is 20.4 Å². The van der Waals surface area contributed by atoms with Gasteiger partial charge in [-0.05, 0) is 18.8 Å². The molecular formula is C13H22N2O4. The molecule has 3 N–H and O–H groups in total. The summed E-state index contributed by atoms with van der Waals surface area (Å²) in [4.78, 5) is 24.4. The summed E-state index contributed by atoms with van der Waals surface area (Å²) in [6.45, 7) is 2.11. The number of hydrogen-bond donors (Lipinski definition) is 3. The third-order valence-corrected chi connectivity index (χ3v) is 3.96. The molecule has 1 saturated heterocycles. The number of aliphatic hydroxyl groups is 1. The molecule has 2 fully saturated rings. The van der Waals surface area contributed by atoms with Gasteiger partial charge >= 0.3 is 12.0 Å². The average molecular weight is 270 g/mol. The molecule has 3 atom stereocenters. The molecular weight excluding hydrogens is 248 g/mol. The maximum Gasteiger partial charge on any atom is 0.326 e. The minimum Gasteiger partial charge on any atom is -0.480 e. The van der Waals surface area contributed by atoms with Crippen LogP contribution in [0.1, 0.15) is 39.0 Å². The standard InChI is InChI=1S/C13H22N2O4/c1-2-9(5-8-3-4-8)14-13(19)15-7-10(16)6-11(15)12(17)18/h8-11,16H,2-7H2,1H3,(H,14,19)(H,17,18)/t9?,10-,11-/m0/s1. The normalized spacial score (nSPS) is 28.2. The summed E-state index contributed by atoms with van der Waals surface area (Å²) in [6, 6.07) is -1.17. The number of nitrogens with one attached hydrogen (secondary N) is 1. The zero-order chi connectivity index (χ0) is 14.0. The number of carboxylic acids is 1. The first-order valence-electron chi connectivity index (χ1n) is 6.99. The molecule has 0 aromatic heterocycles. The fourth-order valence-electron chi connectivity index (χ4n) is 2.61. The van der Waals surface area contributed by atoms with E-state index in [1.807, 2.05) is 6.92 Å². The van der Waals surface area contributed by atoms with Gasteiger partial charge in [0.1, 0.15) is 6.04 Å². The van der Waals surface area contributed by atoms with E-state index in [-0.39, 0.29) is 25.0 Å². The smallest absolute Gasteiger partial charge is 0.326 e. The topological polar surface area (TPSA) is 89.9 Å². The van der Waals surface area contributed by atoms with E-state index in [9.17, 15) is 14.7 Å². The van der Waals surface area contributed by atoms with Crippen molar-refractivity contribution in [1.82, 2.24) is 10.2 Å². The number of hydrogen-bond acceptors (Lipinski definition) is 3. The van der Waals surface area contributed by atoms with Crippen LogP contribution in [0.3, 0.4) is 0 Å². The predicted octanol–water partition coefficient (Wildman–Crippen LogP) is 0.794. The first-order valence-corrected chi connectivity index (χ1v) is 6.99. The molecule has 0 bridgehead atoms. The second-order valence-corrected chi connectivity index (χ2v) is 5.63. The SMILES string of the molecule is CCC(CC1CC1)NC(=O)N1C[C@@H](O)C[C@H]1C(=O)O. The number of nitrogens with zero attached hydrogens (tertiary/aromatic N) is 1. The van der Waals surface area contributed by atoms with Crippen LogP contribution in [0.2, 0.25) is 0 Å². The number of aliphatic hydroxyl groups excluding tert-OH is 1. The van der Waals surface area contributed by atoms with E-state index in [1.165, 1.54) is 17.7 Å². The van der Waals surface area contributed by atoms with Crippen molar-refractivity contribution in [2.24, 2.45) is 5.92 Å². The van der Waals surface area contributed by atoms with Crippen LogP contribution in [0.5, 0.6) is 0 Å².